The maximum absolute atomic E-state index is 13.1. The van der Waals surface area contributed by atoms with Crippen LogP contribution in [-0.2, 0) is 14.3 Å². The number of aromatic nitrogens is 6. The van der Waals surface area contributed by atoms with Crippen LogP contribution in [0.25, 0.3) is 23.0 Å². The van der Waals surface area contributed by atoms with Gasteiger partial charge < -0.3 is 25.7 Å². The SMILES string of the molecule is COC(=O)Nc1ccc2c(c1)NC(=O)CCCNCC(NC(=O)C=Cc1cc(Cl)ccc1-n1cnnn1)c1ncc-2[nH]1. The van der Waals surface area contributed by atoms with Crippen LogP contribution in [0.5, 0.6) is 0 Å². The molecule has 0 aliphatic carbocycles. The van der Waals surface area contributed by atoms with Crippen LogP contribution < -0.4 is 21.3 Å². The van der Waals surface area contributed by atoms with Crippen LogP contribution in [0, 0.1) is 0 Å². The van der Waals surface area contributed by atoms with Gasteiger partial charge in [-0.25, -0.2) is 9.78 Å². The lowest BCUT2D eigenvalue weighted by molar-refractivity contribution is -0.117. The van der Waals surface area contributed by atoms with Gasteiger partial charge in [-0.3, -0.25) is 14.9 Å². The number of nitrogens with one attached hydrogen (secondary N) is 5. The van der Waals surface area contributed by atoms with Crippen molar-refractivity contribution in [3.05, 3.63) is 71.4 Å². The first-order valence-electron chi connectivity index (χ1n) is 13.0. The molecule has 42 heavy (non-hydrogen) atoms. The predicted octanol–water partition coefficient (Wildman–Crippen LogP) is 3.08. The number of hydrogen-bond acceptors (Lipinski definition) is 9. The van der Waals surface area contributed by atoms with E-state index in [9.17, 15) is 14.4 Å². The molecule has 1 unspecified atom stereocenters. The Morgan fingerprint density at radius 1 is 1.21 bits per heavy atom. The van der Waals surface area contributed by atoms with E-state index < -0.39 is 12.1 Å². The lowest BCUT2D eigenvalue weighted by Gasteiger charge is -2.16. The number of hydrogen-bond donors (Lipinski definition) is 5. The predicted molar refractivity (Wildman–Crippen MR) is 155 cm³/mol. The van der Waals surface area contributed by atoms with Crippen LogP contribution in [0.15, 0.2) is 55.0 Å². The molecular weight excluding hydrogens is 564 g/mol. The van der Waals surface area contributed by atoms with Gasteiger partial charge in [-0.2, -0.15) is 4.68 Å². The van der Waals surface area contributed by atoms with Crippen LogP contribution in [-0.4, -0.2) is 68.3 Å². The Bertz CT molecular complexity index is 1620. The lowest BCUT2D eigenvalue weighted by Crippen LogP contribution is -2.36. The van der Waals surface area contributed by atoms with Gasteiger partial charge in [-0.05, 0) is 65.9 Å². The zero-order valence-corrected chi connectivity index (χ0v) is 23.2. The quantitative estimate of drug-likeness (QED) is 0.218. The molecule has 5 N–H and O–H groups in total. The first-order valence-corrected chi connectivity index (χ1v) is 13.3. The van der Waals surface area contributed by atoms with E-state index in [4.69, 9.17) is 11.6 Å². The fourth-order valence-corrected chi connectivity index (χ4v) is 4.53. The Labute approximate surface area is 244 Å². The van der Waals surface area contributed by atoms with Crippen molar-refractivity contribution < 1.29 is 19.1 Å². The second kappa shape index (κ2) is 13.1. The number of ether oxygens (including phenoxy) is 1. The number of nitrogens with zero attached hydrogens (tertiary/aromatic N) is 5. The number of imidazole rings is 1. The van der Waals surface area contributed by atoms with E-state index in [0.717, 1.165) is 0 Å². The summed E-state index contributed by atoms with van der Waals surface area (Å²) in [7, 11) is 1.27. The van der Waals surface area contributed by atoms with Gasteiger partial charge >= 0.3 is 6.09 Å². The number of anilines is 2. The molecule has 15 heteroatoms. The molecule has 2 aromatic heterocycles. The molecule has 3 amide bonds. The van der Waals surface area contributed by atoms with Gasteiger partial charge in [0.2, 0.25) is 11.8 Å². The van der Waals surface area contributed by atoms with E-state index in [0.29, 0.717) is 64.2 Å². The van der Waals surface area contributed by atoms with Crippen LogP contribution in [0.2, 0.25) is 5.02 Å². The number of fused-ring (bicyclic) bond motifs is 4. The number of aromatic amines is 1. The average molecular weight is 591 g/mol. The Morgan fingerprint density at radius 2 is 2.10 bits per heavy atom. The van der Waals surface area contributed by atoms with E-state index in [1.165, 1.54) is 24.2 Å². The molecule has 0 radical (unpaired) electrons. The Kier molecular flexibility index (Phi) is 8.84. The van der Waals surface area contributed by atoms with Gasteiger partial charge in [0.05, 0.1) is 36.4 Å². The lowest BCUT2D eigenvalue weighted by atomic mass is 10.1. The average Bonchev–Trinajstić information content (AvgIpc) is 3.68. The number of carbonyl (C=O) groups is 3. The van der Waals surface area contributed by atoms with Gasteiger partial charge in [0.1, 0.15) is 12.2 Å². The zero-order valence-electron chi connectivity index (χ0n) is 22.4. The first kappa shape index (κ1) is 28.4. The maximum Gasteiger partial charge on any atom is 0.411 e. The standard InChI is InChI=1S/C27H27ClN10O4/c1-42-27(41)32-18-6-7-19-20(12-18)33-24(39)3-2-10-29-13-22(26-30-14-21(19)35-26)34-25(40)9-4-16-11-17(28)5-8-23(16)38-15-31-36-37-38/h4-9,11-12,14-15,22,29H,2-3,10,13H2,1H3,(H,30,35)(H,32,41)(H,33,39)(H,34,40). The van der Waals surface area contributed by atoms with Gasteiger partial charge in [0.15, 0.2) is 0 Å². The molecule has 4 aromatic rings. The monoisotopic (exact) mass is 590 g/mol. The highest BCUT2D eigenvalue weighted by molar-refractivity contribution is 6.30. The summed E-state index contributed by atoms with van der Waals surface area (Å²) in [6, 6.07) is 9.74. The first-order chi connectivity index (χ1) is 20.4. The number of benzene rings is 2. The molecule has 1 aliphatic heterocycles. The van der Waals surface area contributed by atoms with Crippen molar-refractivity contribution in [2.45, 2.75) is 18.9 Å². The third-order valence-electron chi connectivity index (χ3n) is 6.36. The molecule has 2 aromatic carbocycles. The van der Waals surface area contributed by atoms with Gasteiger partial charge in [0.25, 0.3) is 0 Å². The third-order valence-corrected chi connectivity index (χ3v) is 6.60. The van der Waals surface area contributed by atoms with Crippen molar-refractivity contribution in [1.82, 2.24) is 40.8 Å². The fraction of sp³-hybridized carbons (Fsp3) is 0.222. The highest BCUT2D eigenvalue weighted by Gasteiger charge is 2.20. The number of tetrazole rings is 1. The van der Waals surface area contributed by atoms with Crippen LogP contribution in [0.4, 0.5) is 16.2 Å². The van der Waals surface area contributed by atoms with Crippen LogP contribution >= 0.6 is 11.6 Å². The molecule has 3 heterocycles. The van der Waals surface area contributed by atoms with E-state index >= 15 is 0 Å². The molecule has 14 nitrogen and oxygen atoms in total. The van der Waals surface area contributed by atoms with Crippen molar-refractivity contribution in [3.8, 4) is 16.9 Å². The molecule has 2 bridgehead atoms. The van der Waals surface area contributed by atoms with Crippen molar-refractivity contribution in [3.63, 3.8) is 0 Å². The molecule has 216 valence electrons. The van der Waals surface area contributed by atoms with Crippen molar-refractivity contribution in [1.29, 1.82) is 0 Å². The molecule has 5 rings (SSSR count). The Hall–Kier alpha value is -5.08. The van der Waals surface area contributed by atoms with Crippen LogP contribution in [0.1, 0.15) is 30.3 Å². The highest BCUT2D eigenvalue weighted by atomic mass is 35.5. The molecule has 0 fully saturated rings. The minimum absolute atomic E-state index is 0.177. The van der Waals surface area contributed by atoms with E-state index in [1.807, 2.05) is 0 Å². The summed E-state index contributed by atoms with van der Waals surface area (Å²) < 4.78 is 6.14. The zero-order chi connectivity index (χ0) is 29.5. The minimum atomic E-state index is -0.629. The van der Waals surface area contributed by atoms with Gasteiger partial charge in [-0.1, -0.05) is 11.6 Å². The number of H-pyrrole nitrogens is 1. The summed E-state index contributed by atoms with van der Waals surface area (Å²) in [6.07, 6.45) is 6.32. The molecular formula is C27H27ClN10O4. The number of methoxy groups -OCH3 is 1. The summed E-state index contributed by atoms with van der Waals surface area (Å²) in [4.78, 5) is 45.2. The van der Waals surface area contributed by atoms with Gasteiger partial charge in [0, 0.05) is 40.9 Å². The largest absolute Gasteiger partial charge is 0.453 e. The van der Waals surface area contributed by atoms with Gasteiger partial charge in [-0.15, -0.1) is 5.10 Å². The van der Waals surface area contributed by atoms with Crippen LogP contribution in [0.3, 0.4) is 0 Å². The number of amides is 3. The van der Waals surface area contributed by atoms with E-state index in [-0.39, 0.29) is 18.2 Å². The third kappa shape index (κ3) is 6.97. The highest BCUT2D eigenvalue weighted by Crippen LogP contribution is 2.31. The number of rotatable bonds is 5. The van der Waals surface area contributed by atoms with Crippen molar-refractivity contribution >= 4 is 47.0 Å². The summed E-state index contributed by atoms with van der Waals surface area (Å²) in [5.41, 5.74) is 3.51. The molecule has 0 saturated carbocycles. The molecule has 0 spiro atoms. The molecule has 1 atom stereocenters. The maximum atomic E-state index is 13.1. The second-order valence-corrected chi connectivity index (χ2v) is 9.70. The van der Waals surface area contributed by atoms with E-state index in [1.54, 1.807) is 48.7 Å². The van der Waals surface area contributed by atoms with Crippen molar-refractivity contribution in [2.75, 3.05) is 30.8 Å². The minimum Gasteiger partial charge on any atom is -0.453 e. The van der Waals surface area contributed by atoms with Crippen molar-refractivity contribution in [2.24, 2.45) is 0 Å². The Balaban J connectivity index is 1.39. The number of halogens is 1. The summed E-state index contributed by atoms with van der Waals surface area (Å²) >= 11 is 6.19. The fourth-order valence-electron chi connectivity index (χ4n) is 4.35. The van der Waals surface area contributed by atoms with E-state index in [2.05, 4.69) is 51.5 Å². The second-order valence-electron chi connectivity index (χ2n) is 9.27. The topological polar surface area (TPSA) is 181 Å². The molecule has 1 aliphatic rings. The Morgan fingerprint density at radius 3 is 2.90 bits per heavy atom. The summed E-state index contributed by atoms with van der Waals surface area (Å²) in [6.45, 7) is 0.911. The summed E-state index contributed by atoms with van der Waals surface area (Å²) in [5.74, 6) is -0.0172. The number of carbonyl (C=O) groups excluding carboxylic acids is 3. The summed E-state index contributed by atoms with van der Waals surface area (Å²) in [5, 5.41) is 23.5. The normalized spacial score (nSPS) is 15.5. The molecule has 0 saturated heterocycles. The smallest absolute Gasteiger partial charge is 0.411 e.